The number of benzene rings is 2. The molecule has 2 aromatic heterocycles. The zero-order valence-electron chi connectivity index (χ0n) is 24.6. The smallest absolute Gasteiger partial charge is 0.246 e. The maximum Gasteiger partial charge on any atom is 0.246 e. The molecule has 0 radical (unpaired) electrons. The minimum absolute atomic E-state index is 0.0256. The van der Waals surface area contributed by atoms with Gasteiger partial charge in [0.15, 0.2) is 0 Å². The lowest BCUT2D eigenvalue weighted by molar-refractivity contribution is -0.132. The van der Waals surface area contributed by atoms with Gasteiger partial charge in [0.1, 0.15) is 35.0 Å². The second kappa shape index (κ2) is 12.3. The maximum absolute atomic E-state index is 12.3. The molecule has 2 atom stereocenters. The van der Waals surface area contributed by atoms with Crippen molar-refractivity contribution >= 4 is 22.8 Å². The number of aryl methyl sites for hydroxylation is 1. The van der Waals surface area contributed by atoms with Crippen molar-refractivity contribution in [1.29, 1.82) is 0 Å². The molecule has 0 aliphatic carbocycles. The van der Waals surface area contributed by atoms with Gasteiger partial charge < -0.3 is 24.7 Å². The first kappa shape index (κ1) is 28.5. The highest BCUT2D eigenvalue weighted by Gasteiger charge is 2.38. The van der Waals surface area contributed by atoms with E-state index in [9.17, 15) is 4.79 Å². The molecule has 9 heteroatoms. The zero-order valence-corrected chi connectivity index (χ0v) is 24.6. The molecule has 4 heterocycles. The summed E-state index contributed by atoms with van der Waals surface area (Å²) >= 11 is 0. The molecule has 1 amide bonds. The minimum atomic E-state index is -0.0256. The average molecular weight is 577 g/mol. The fourth-order valence-corrected chi connectivity index (χ4v) is 6.21. The molecule has 0 spiro atoms. The highest BCUT2D eigenvalue weighted by atomic mass is 16.5. The van der Waals surface area contributed by atoms with Crippen molar-refractivity contribution in [1.82, 2.24) is 24.3 Å². The summed E-state index contributed by atoms with van der Waals surface area (Å²) in [7, 11) is 3.65. The number of amides is 1. The number of aromatic nitrogens is 3. The van der Waals surface area contributed by atoms with E-state index >= 15 is 0 Å². The molecule has 220 valence electrons. The lowest BCUT2D eigenvalue weighted by atomic mass is 9.90. The maximum atomic E-state index is 12.3. The zero-order chi connectivity index (χ0) is 29.9. The van der Waals surface area contributed by atoms with Gasteiger partial charge in [-0.25, -0.2) is 9.97 Å². The Morgan fingerprint density at radius 1 is 1.12 bits per heavy atom. The Morgan fingerprint density at radius 2 is 1.86 bits per heavy atom. The number of para-hydroxylation sites is 1. The Labute approximate surface area is 251 Å². The first-order valence-electron chi connectivity index (χ1n) is 14.6. The Bertz CT molecular complexity index is 1680. The summed E-state index contributed by atoms with van der Waals surface area (Å²) in [4.78, 5) is 25.5. The standard InChI is InChI=1S/C34H36N6O3/c1-4-30(41)40-17-16-25(18-26(40)21-42-3)39-19-23(20-39)10-15-29-31(32-33(35)36-22-37-34(32)38(29)2)24-11-13-28(14-12-24)43-27-8-6-5-7-9-27/h4-9,11-14,22-23,25-26H,1,16-21H2,2-3H3,(H2,35,36,37)/t25?,26-/m1/s1. The third-order valence-electron chi connectivity index (χ3n) is 8.44. The topological polar surface area (TPSA) is 98.7 Å². The highest BCUT2D eigenvalue weighted by molar-refractivity contribution is 6.03. The predicted octanol–water partition coefficient (Wildman–Crippen LogP) is 4.49. The van der Waals surface area contributed by atoms with Gasteiger partial charge in [-0.15, -0.1) is 0 Å². The number of ether oxygens (including phenoxy) is 2. The Hall–Kier alpha value is -4.65. The lowest BCUT2D eigenvalue weighted by Gasteiger charge is -2.48. The number of hydrogen-bond acceptors (Lipinski definition) is 7. The number of fused-ring (bicyclic) bond motifs is 1. The number of carbonyl (C=O) groups excluding carboxylic acids is 1. The molecule has 43 heavy (non-hydrogen) atoms. The van der Waals surface area contributed by atoms with Crippen LogP contribution in [0.5, 0.6) is 11.5 Å². The van der Waals surface area contributed by atoms with Gasteiger partial charge in [-0.05, 0) is 54.7 Å². The number of hydrogen-bond donors (Lipinski definition) is 1. The molecular formula is C34H36N6O3. The first-order chi connectivity index (χ1) is 21.0. The molecular weight excluding hydrogens is 540 g/mol. The Balaban J connectivity index is 1.21. The number of methoxy groups -OCH3 is 1. The van der Waals surface area contributed by atoms with E-state index in [2.05, 4.69) is 33.3 Å². The fraction of sp³-hybridized carbons (Fsp3) is 0.324. The largest absolute Gasteiger partial charge is 0.457 e. The van der Waals surface area contributed by atoms with Crippen LogP contribution in [0.2, 0.25) is 0 Å². The second-order valence-corrected chi connectivity index (χ2v) is 11.1. The SMILES string of the molecule is C=CC(=O)N1CCC(N2CC(C#Cc3c(-c4ccc(Oc5ccccc5)cc4)c4c(N)ncnc4n3C)C2)C[C@@H]1COC. The van der Waals surface area contributed by atoms with E-state index in [-0.39, 0.29) is 17.9 Å². The Morgan fingerprint density at radius 3 is 2.58 bits per heavy atom. The number of rotatable bonds is 7. The van der Waals surface area contributed by atoms with Crippen molar-refractivity contribution in [2.75, 3.05) is 39.1 Å². The van der Waals surface area contributed by atoms with E-state index in [0.29, 0.717) is 25.0 Å². The number of anilines is 1. The summed E-state index contributed by atoms with van der Waals surface area (Å²) in [5, 5.41) is 0.797. The minimum Gasteiger partial charge on any atom is -0.457 e. The van der Waals surface area contributed by atoms with Crippen molar-refractivity contribution < 1.29 is 14.3 Å². The fourth-order valence-electron chi connectivity index (χ4n) is 6.21. The van der Waals surface area contributed by atoms with Crippen LogP contribution in [-0.2, 0) is 16.6 Å². The number of carbonyl (C=O) groups is 1. The van der Waals surface area contributed by atoms with E-state index in [4.69, 9.17) is 15.2 Å². The molecule has 2 fully saturated rings. The summed E-state index contributed by atoms with van der Waals surface area (Å²) in [6.45, 7) is 6.71. The van der Waals surface area contributed by atoms with E-state index < -0.39 is 0 Å². The molecule has 9 nitrogen and oxygen atoms in total. The van der Waals surface area contributed by atoms with E-state index in [0.717, 1.165) is 65.3 Å². The van der Waals surface area contributed by atoms with Crippen molar-refractivity contribution in [3.05, 3.63) is 79.3 Å². The quantitative estimate of drug-likeness (QED) is 0.256. The van der Waals surface area contributed by atoms with Crippen molar-refractivity contribution in [3.8, 4) is 34.5 Å². The van der Waals surface area contributed by atoms with Crippen molar-refractivity contribution in [3.63, 3.8) is 0 Å². The van der Waals surface area contributed by atoms with Crippen LogP contribution in [0, 0.1) is 17.8 Å². The highest BCUT2D eigenvalue weighted by Crippen LogP contribution is 2.37. The van der Waals surface area contributed by atoms with Gasteiger partial charge in [-0.2, -0.15) is 0 Å². The summed E-state index contributed by atoms with van der Waals surface area (Å²) < 4.78 is 13.4. The van der Waals surface area contributed by atoms with Crippen LogP contribution in [0.1, 0.15) is 18.5 Å². The summed E-state index contributed by atoms with van der Waals surface area (Å²) in [6, 6.07) is 18.1. The first-order valence-corrected chi connectivity index (χ1v) is 14.6. The molecule has 6 rings (SSSR count). The van der Waals surface area contributed by atoms with Crippen LogP contribution < -0.4 is 10.5 Å². The number of nitrogen functional groups attached to an aromatic ring is 1. The molecule has 2 aliphatic rings. The third-order valence-corrected chi connectivity index (χ3v) is 8.44. The van der Waals surface area contributed by atoms with E-state index in [1.165, 1.54) is 12.4 Å². The number of piperidine rings is 1. The normalized spacial score (nSPS) is 19.0. The number of nitrogens with two attached hydrogens (primary N) is 1. The van der Waals surface area contributed by atoms with Gasteiger partial charge in [0.25, 0.3) is 0 Å². The monoisotopic (exact) mass is 576 g/mol. The van der Waals surface area contributed by atoms with Crippen LogP contribution in [-0.4, -0.2) is 75.7 Å². The van der Waals surface area contributed by atoms with Gasteiger partial charge in [0, 0.05) is 51.3 Å². The van der Waals surface area contributed by atoms with Gasteiger partial charge in [0.2, 0.25) is 5.91 Å². The van der Waals surface area contributed by atoms with Gasteiger partial charge in [-0.1, -0.05) is 42.8 Å². The second-order valence-electron chi connectivity index (χ2n) is 11.1. The number of likely N-dealkylation sites (tertiary alicyclic amines) is 2. The van der Waals surface area contributed by atoms with Gasteiger partial charge >= 0.3 is 0 Å². The number of nitrogens with zero attached hydrogens (tertiary/aromatic N) is 5. The van der Waals surface area contributed by atoms with Gasteiger partial charge in [0.05, 0.1) is 18.0 Å². The van der Waals surface area contributed by atoms with Crippen LogP contribution in [0.25, 0.3) is 22.2 Å². The van der Waals surface area contributed by atoms with Crippen molar-refractivity contribution in [2.24, 2.45) is 13.0 Å². The molecule has 0 saturated carbocycles. The van der Waals surface area contributed by atoms with Crippen LogP contribution in [0.4, 0.5) is 5.82 Å². The molecule has 2 N–H and O–H groups in total. The summed E-state index contributed by atoms with van der Waals surface area (Å²) in [5.41, 5.74) is 9.89. The third kappa shape index (κ3) is 5.72. The summed E-state index contributed by atoms with van der Waals surface area (Å²) in [6.07, 6.45) is 4.72. The van der Waals surface area contributed by atoms with E-state index in [1.54, 1.807) is 7.11 Å². The molecule has 2 saturated heterocycles. The predicted molar refractivity (Wildman–Crippen MR) is 167 cm³/mol. The lowest BCUT2D eigenvalue weighted by Crippen LogP contribution is -2.58. The van der Waals surface area contributed by atoms with Gasteiger partial charge in [-0.3, -0.25) is 9.69 Å². The van der Waals surface area contributed by atoms with E-state index in [1.807, 2.05) is 71.1 Å². The Kier molecular flexibility index (Phi) is 8.14. The van der Waals surface area contributed by atoms with Crippen LogP contribution in [0.15, 0.2) is 73.6 Å². The summed E-state index contributed by atoms with van der Waals surface area (Å²) in [5.74, 6) is 9.19. The van der Waals surface area contributed by atoms with Crippen molar-refractivity contribution in [2.45, 2.75) is 24.9 Å². The van der Waals surface area contributed by atoms with Crippen LogP contribution >= 0.6 is 0 Å². The molecule has 2 aromatic carbocycles. The van der Waals surface area contributed by atoms with Crippen LogP contribution in [0.3, 0.4) is 0 Å². The molecule has 1 unspecified atom stereocenters. The molecule has 0 bridgehead atoms. The molecule has 4 aromatic rings. The average Bonchev–Trinajstić information content (AvgIpc) is 3.29. The molecule has 2 aliphatic heterocycles.